The van der Waals surface area contributed by atoms with E-state index in [0.717, 1.165) is 18.1 Å². The van der Waals surface area contributed by atoms with Crippen LogP contribution in [0.4, 0.5) is 0 Å². The Labute approximate surface area is 113 Å². The molecule has 2 nitrogen and oxygen atoms in total. The second kappa shape index (κ2) is 5.63. The number of aryl methyl sites for hydroxylation is 3. The quantitative estimate of drug-likeness (QED) is 0.903. The second-order valence-corrected chi connectivity index (χ2v) is 5.78. The van der Waals surface area contributed by atoms with Gasteiger partial charge in [0.15, 0.2) is 0 Å². The lowest BCUT2D eigenvalue weighted by atomic mass is 10.0. The highest BCUT2D eigenvalue weighted by molar-refractivity contribution is 7.15. The number of hydrogen-bond donors (Lipinski definition) is 1. The minimum Gasteiger partial charge on any atom is -0.312 e. The van der Waals surface area contributed by atoms with Crippen molar-refractivity contribution in [2.24, 2.45) is 0 Å². The smallest absolute Gasteiger partial charge is 0.123 e. The second-order valence-electron chi connectivity index (χ2n) is 4.66. The molecule has 96 valence electrons. The zero-order valence-electron chi connectivity index (χ0n) is 11.5. The number of aromatic nitrogens is 1. The molecule has 1 N–H and O–H groups in total. The molecule has 1 aromatic carbocycles. The number of nitrogens with zero attached hydrogens (tertiary/aromatic N) is 1. The average Bonchev–Trinajstić information content (AvgIpc) is 2.79. The molecule has 0 radical (unpaired) electrons. The fourth-order valence-electron chi connectivity index (χ4n) is 1.95. The van der Waals surface area contributed by atoms with Crippen LogP contribution >= 0.6 is 11.3 Å². The monoisotopic (exact) mass is 260 g/mol. The van der Waals surface area contributed by atoms with E-state index in [-0.39, 0.29) is 0 Å². The van der Waals surface area contributed by atoms with Crippen molar-refractivity contribution in [3.05, 3.63) is 39.9 Å². The summed E-state index contributed by atoms with van der Waals surface area (Å²) in [5.41, 5.74) is 5.26. The van der Waals surface area contributed by atoms with Gasteiger partial charge in [-0.15, -0.1) is 11.3 Å². The summed E-state index contributed by atoms with van der Waals surface area (Å²) in [5, 5.41) is 4.46. The van der Waals surface area contributed by atoms with Gasteiger partial charge in [0.1, 0.15) is 5.01 Å². The Balaban J connectivity index is 2.31. The van der Waals surface area contributed by atoms with Gasteiger partial charge in [0.05, 0.1) is 0 Å². The molecule has 3 heteroatoms. The number of benzene rings is 1. The first-order chi connectivity index (χ1) is 8.61. The number of hydrogen-bond acceptors (Lipinski definition) is 3. The van der Waals surface area contributed by atoms with Crippen LogP contribution in [0, 0.1) is 20.8 Å². The van der Waals surface area contributed by atoms with Gasteiger partial charge in [0, 0.05) is 23.2 Å². The number of nitrogens with one attached hydrogen (secondary N) is 1. The predicted molar refractivity (Wildman–Crippen MR) is 79.1 cm³/mol. The van der Waals surface area contributed by atoms with Crippen molar-refractivity contribution >= 4 is 11.3 Å². The van der Waals surface area contributed by atoms with E-state index >= 15 is 0 Å². The molecule has 0 fully saturated rings. The Morgan fingerprint density at radius 2 is 1.83 bits per heavy atom. The zero-order chi connectivity index (χ0) is 13.1. The first-order valence-electron chi connectivity index (χ1n) is 6.35. The van der Waals surface area contributed by atoms with Crippen LogP contribution in [0.3, 0.4) is 0 Å². The van der Waals surface area contributed by atoms with Gasteiger partial charge in [-0.2, -0.15) is 0 Å². The summed E-state index contributed by atoms with van der Waals surface area (Å²) in [7, 11) is 0. The molecule has 18 heavy (non-hydrogen) atoms. The van der Waals surface area contributed by atoms with Gasteiger partial charge in [-0.05, 0) is 50.1 Å². The van der Waals surface area contributed by atoms with Crippen LogP contribution in [-0.4, -0.2) is 11.5 Å². The lowest BCUT2D eigenvalue weighted by Crippen LogP contribution is -2.10. The molecule has 1 aromatic heterocycles. The summed E-state index contributed by atoms with van der Waals surface area (Å²) in [6.45, 7) is 10.5. The largest absolute Gasteiger partial charge is 0.312 e. The van der Waals surface area contributed by atoms with Gasteiger partial charge in [0.2, 0.25) is 0 Å². The average molecular weight is 260 g/mol. The minimum atomic E-state index is 0.915. The maximum atomic E-state index is 4.55. The van der Waals surface area contributed by atoms with Gasteiger partial charge < -0.3 is 5.32 Å². The summed E-state index contributed by atoms with van der Waals surface area (Å²) in [4.78, 5) is 5.85. The topological polar surface area (TPSA) is 24.9 Å². The van der Waals surface area contributed by atoms with Gasteiger partial charge in [-0.3, -0.25) is 0 Å². The van der Waals surface area contributed by atoms with Crippen LogP contribution in [0.1, 0.15) is 28.5 Å². The highest BCUT2D eigenvalue weighted by atomic mass is 32.1. The molecule has 0 spiro atoms. The molecule has 0 saturated carbocycles. The lowest BCUT2D eigenvalue weighted by Gasteiger charge is -2.07. The summed E-state index contributed by atoms with van der Waals surface area (Å²) in [5.74, 6) is 0. The van der Waals surface area contributed by atoms with E-state index in [1.807, 2.05) is 6.20 Å². The van der Waals surface area contributed by atoms with Crippen molar-refractivity contribution in [1.82, 2.24) is 10.3 Å². The SMILES string of the molecule is CCNCc1cnc(-c2cc(C)c(C)cc2C)s1. The van der Waals surface area contributed by atoms with E-state index in [1.165, 1.54) is 27.1 Å². The Morgan fingerprint density at radius 1 is 1.11 bits per heavy atom. The highest BCUT2D eigenvalue weighted by Crippen LogP contribution is 2.29. The maximum Gasteiger partial charge on any atom is 0.123 e. The van der Waals surface area contributed by atoms with E-state index in [9.17, 15) is 0 Å². The van der Waals surface area contributed by atoms with Gasteiger partial charge >= 0.3 is 0 Å². The van der Waals surface area contributed by atoms with Crippen molar-refractivity contribution in [2.75, 3.05) is 6.54 Å². The van der Waals surface area contributed by atoms with Crippen molar-refractivity contribution < 1.29 is 0 Å². The predicted octanol–water partition coefficient (Wildman–Crippen LogP) is 3.84. The van der Waals surface area contributed by atoms with Crippen LogP contribution in [0.2, 0.25) is 0 Å². The fourth-order valence-corrected chi connectivity index (χ4v) is 2.92. The molecule has 0 bridgehead atoms. The Bertz CT molecular complexity index is 543. The lowest BCUT2D eigenvalue weighted by molar-refractivity contribution is 0.734. The third-order valence-corrected chi connectivity index (χ3v) is 4.20. The van der Waals surface area contributed by atoms with Crippen molar-refractivity contribution in [3.8, 4) is 10.6 Å². The van der Waals surface area contributed by atoms with Crippen LogP contribution in [-0.2, 0) is 6.54 Å². The van der Waals surface area contributed by atoms with Crippen LogP contribution < -0.4 is 5.32 Å². The molecule has 1 heterocycles. The minimum absolute atomic E-state index is 0.915. The van der Waals surface area contributed by atoms with Gasteiger partial charge in [0.25, 0.3) is 0 Å². The first-order valence-corrected chi connectivity index (χ1v) is 7.17. The molecule has 0 amide bonds. The van der Waals surface area contributed by atoms with Gasteiger partial charge in [-0.25, -0.2) is 4.98 Å². The normalized spacial score (nSPS) is 10.9. The fraction of sp³-hybridized carbons (Fsp3) is 0.400. The molecule has 0 unspecified atom stereocenters. The molecule has 0 aliphatic rings. The van der Waals surface area contributed by atoms with E-state index < -0.39 is 0 Å². The standard InChI is InChI=1S/C15H20N2S/c1-5-16-8-13-9-17-15(18-13)14-7-11(3)10(2)6-12(14)4/h6-7,9,16H,5,8H2,1-4H3. The molecule has 0 aliphatic carbocycles. The van der Waals surface area contributed by atoms with E-state index in [0.29, 0.717) is 0 Å². The molecular weight excluding hydrogens is 240 g/mol. The van der Waals surface area contributed by atoms with Crippen LogP contribution in [0.15, 0.2) is 18.3 Å². The number of thiazole rings is 1. The highest BCUT2D eigenvalue weighted by Gasteiger charge is 2.08. The van der Waals surface area contributed by atoms with E-state index in [1.54, 1.807) is 11.3 Å². The Morgan fingerprint density at radius 3 is 2.56 bits per heavy atom. The molecule has 2 aromatic rings. The number of rotatable bonds is 4. The maximum absolute atomic E-state index is 4.55. The van der Waals surface area contributed by atoms with E-state index in [2.05, 4.69) is 50.1 Å². The summed E-state index contributed by atoms with van der Waals surface area (Å²) in [6, 6.07) is 4.50. The zero-order valence-corrected chi connectivity index (χ0v) is 12.3. The molecule has 2 rings (SSSR count). The van der Waals surface area contributed by atoms with Crippen molar-refractivity contribution in [3.63, 3.8) is 0 Å². The van der Waals surface area contributed by atoms with Crippen LogP contribution in [0.5, 0.6) is 0 Å². The molecule has 0 aliphatic heterocycles. The Hall–Kier alpha value is -1.19. The summed E-state index contributed by atoms with van der Waals surface area (Å²) >= 11 is 1.78. The Kier molecular flexibility index (Phi) is 4.15. The first kappa shape index (κ1) is 13.2. The third kappa shape index (κ3) is 2.79. The molecule has 0 atom stereocenters. The van der Waals surface area contributed by atoms with E-state index in [4.69, 9.17) is 0 Å². The van der Waals surface area contributed by atoms with Crippen LogP contribution in [0.25, 0.3) is 10.6 Å². The summed E-state index contributed by atoms with van der Waals surface area (Å²) in [6.07, 6.45) is 1.98. The molecule has 0 saturated heterocycles. The van der Waals surface area contributed by atoms with Crippen molar-refractivity contribution in [1.29, 1.82) is 0 Å². The summed E-state index contributed by atoms with van der Waals surface area (Å²) < 4.78 is 0. The van der Waals surface area contributed by atoms with Crippen molar-refractivity contribution in [2.45, 2.75) is 34.2 Å². The van der Waals surface area contributed by atoms with Gasteiger partial charge in [-0.1, -0.05) is 13.0 Å². The molecular formula is C15H20N2S. The third-order valence-electron chi connectivity index (χ3n) is 3.17.